The summed E-state index contributed by atoms with van der Waals surface area (Å²) in [7, 11) is 0. The van der Waals surface area contributed by atoms with Gasteiger partial charge in [-0.3, -0.25) is 4.98 Å². The fourth-order valence-corrected chi connectivity index (χ4v) is 2.14. The predicted octanol–water partition coefficient (Wildman–Crippen LogP) is 0.747. The highest BCUT2D eigenvalue weighted by Crippen LogP contribution is 2.25. The zero-order valence-corrected chi connectivity index (χ0v) is 9.63. The van der Waals surface area contributed by atoms with E-state index in [0.29, 0.717) is 12.5 Å². The van der Waals surface area contributed by atoms with Crippen LogP contribution in [0.3, 0.4) is 0 Å². The lowest BCUT2D eigenvalue weighted by Crippen LogP contribution is -2.24. The summed E-state index contributed by atoms with van der Waals surface area (Å²) in [6, 6.07) is 4.02. The average molecular weight is 221 g/mol. The van der Waals surface area contributed by atoms with Crippen LogP contribution in [-0.4, -0.2) is 29.3 Å². The Morgan fingerprint density at radius 3 is 2.94 bits per heavy atom. The van der Waals surface area contributed by atoms with Gasteiger partial charge >= 0.3 is 0 Å². The third-order valence-electron chi connectivity index (χ3n) is 3.29. The van der Waals surface area contributed by atoms with Crippen LogP contribution in [0.1, 0.15) is 19.0 Å². The SMILES string of the molecule is CC(O)C1CCN(c2ccc(CN)nc2)C1. The van der Waals surface area contributed by atoms with Crippen molar-refractivity contribution in [2.45, 2.75) is 26.0 Å². The maximum absolute atomic E-state index is 9.54. The van der Waals surface area contributed by atoms with E-state index >= 15 is 0 Å². The molecule has 2 rings (SSSR count). The molecule has 88 valence electrons. The lowest BCUT2D eigenvalue weighted by Gasteiger charge is -2.19. The first kappa shape index (κ1) is 11.4. The molecule has 2 heterocycles. The van der Waals surface area contributed by atoms with Crippen LogP contribution in [0.4, 0.5) is 5.69 Å². The summed E-state index contributed by atoms with van der Waals surface area (Å²) < 4.78 is 0. The third-order valence-corrected chi connectivity index (χ3v) is 3.29. The summed E-state index contributed by atoms with van der Waals surface area (Å²) in [5.74, 6) is 0.384. The Labute approximate surface area is 96.1 Å². The second-order valence-electron chi connectivity index (χ2n) is 4.45. The van der Waals surface area contributed by atoms with Gasteiger partial charge in [0.15, 0.2) is 0 Å². The molecule has 1 aromatic heterocycles. The number of nitrogens with two attached hydrogens (primary N) is 1. The largest absolute Gasteiger partial charge is 0.393 e. The molecule has 0 saturated carbocycles. The Morgan fingerprint density at radius 2 is 2.44 bits per heavy atom. The Bertz CT molecular complexity index is 337. The van der Waals surface area contributed by atoms with Crippen molar-refractivity contribution >= 4 is 5.69 Å². The van der Waals surface area contributed by atoms with Gasteiger partial charge in [-0.1, -0.05) is 0 Å². The molecule has 0 aromatic carbocycles. The number of pyridine rings is 1. The Hall–Kier alpha value is -1.13. The molecule has 2 atom stereocenters. The highest BCUT2D eigenvalue weighted by Gasteiger charge is 2.26. The van der Waals surface area contributed by atoms with Crippen LogP contribution in [0.2, 0.25) is 0 Å². The molecule has 16 heavy (non-hydrogen) atoms. The van der Waals surface area contributed by atoms with Gasteiger partial charge in [-0.2, -0.15) is 0 Å². The zero-order chi connectivity index (χ0) is 11.5. The van der Waals surface area contributed by atoms with Crippen LogP contribution in [-0.2, 0) is 6.54 Å². The van der Waals surface area contributed by atoms with Crippen LogP contribution in [0, 0.1) is 5.92 Å². The molecule has 0 spiro atoms. The maximum Gasteiger partial charge on any atom is 0.0557 e. The van der Waals surface area contributed by atoms with Gasteiger partial charge in [-0.05, 0) is 25.5 Å². The lowest BCUT2D eigenvalue weighted by molar-refractivity contribution is 0.136. The second-order valence-corrected chi connectivity index (χ2v) is 4.45. The van der Waals surface area contributed by atoms with Crippen LogP contribution in [0.5, 0.6) is 0 Å². The fourth-order valence-electron chi connectivity index (χ4n) is 2.14. The molecule has 0 amide bonds. The minimum atomic E-state index is -0.221. The van der Waals surface area contributed by atoms with E-state index in [1.165, 1.54) is 0 Å². The lowest BCUT2D eigenvalue weighted by atomic mass is 10.0. The number of nitrogens with zero attached hydrogens (tertiary/aromatic N) is 2. The standard InChI is InChI=1S/C12H19N3O/c1-9(16)10-4-5-15(8-10)12-3-2-11(6-13)14-7-12/h2-3,7,9-10,16H,4-6,8,13H2,1H3. The van der Waals surface area contributed by atoms with Gasteiger partial charge in [0.05, 0.1) is 23.7 Å². The highest BCUT2D eigenvalue weighted by atomic mass is 16.3. The molecule has 1 aliphatic rings. The fraction of sp³-hybridized carbons (Fsp3) is 0.583. The van der Waals surface area contributed by atoms with Crippen LogP contribution < -0.4 is 10.6 Å². The number of hydrogen-bond donors (Lipinski definition) is 2. The highest BCUT2D eigenvalue weighted by molar-refractivity contribution is 5.45. The molecule has 1 saturated heterocycles. The first-order valence-corrected chi connectivity index (χ1v) is 5.78. The monoisotopic (exact) mass is 221 g/mol. The van der Waals surface area contributed by atoms with Crippen molar-refractivity contribution in [2.75, 3.05) is 18.0 Å². The van der Waals surface area contributed by atoms with Gasteiger partial charge in [0.1, 0.15) is 0 Å². The van der Waals surface area contributed by atoms with Crippen LogP contribution >= 0.6 is 0 Å². The number of aliphatic hydroxyl groups is 1. The van der Waals surface area contributed by atoms with Crippen LogP contribution in [0.15, 0.2) is 18.3 Å². The third kappa shape index (κ3) is 2.33. The number of anilines is 1. The molecule has 2 unspecified atom stereocenters. The number of hydrogen-bond acceptors (Lipinski definition) is 4. The summed E-state index contributed by atoms with van der Waals surface area (Å²) in [4.78, 5) is 6.55. The predicted molar refractivity (Wildman–Crippen MR) is 64.1 cm³/mol. The molecule has 1 aromatic rings. The Kier molecular flexibility index (Phi) is 3.41. The van der Waals surface area contributed by atoms with Gasteiger partial charge in [-0.25, -0.2) is 0 Å². The second kappa shape index (κ2) is 4.80. The molecular weight excluding hydrogens is 202 g/mol. The molecule has 0 aliphatic carbocycles. The minimum absolute atomic E-state index is 0.221. The van der Waals surface area contributed by atoms with E-state index in [2.05, 4.69) is 16.0 Å². The van der Waals surface area contributed by atoms with Crippen LogP contribution in [0.25, 0.3) is 0 Å². The van der Waals surface area contributed by atoms with Gasteiger partial charge in [-0.15, -0.1) is 0 Å². The summed E-state index contributed by atoms with van der Waals surface area (Å²) in [5, 5.41) is 9.54. The van der Waals surface area contributed by atoms with Crippen molar-refractivity contribution < 1.29 is 5.11 Å². The van der Waals surface area contributed by atoms with Crippen molar-refractivity contribution in [1.29, 1.82) is 0 Å². The maximum atomic E-state index is 9.54. The van der Waals surface area contributed by atoms with Gasteiger partial charge in [0, 0.05) is 25.6 Å². The van der Waals surface area contributed by atoms with Crippen molar-refractivity contribution in [3.8, 4) is 0 Å². The summed E-state index contributed by atoms with van der Waals surface area (Å²) in [6.45, 7) is 4.26. The summed E-state index contributed by atoms with van der Waals surface area (Å²) >= 11 is 0. The molecule has 4 nitrogen and oxygen atoms in total. The van der Waals surface area contributed by atoms with Crippen molar-refractivity contribution in [1.82, 2.24) is 4.98 Å². The molecule has 4 heteroatoms. The number of rotatable bonds is 3. The number of aliphatic hydroxyl groups excluding tert-OH is 1. The summed E-state index contributed by atoms with van der Waals surface area (Å²) in [6.07, 6.45) is 2.70. The van der Waals surface area contributed by atoms with Gasteiger partial charge in [0.25, 0.3) is 0 Å². The minimum Gasteiger partial charge on any atom is -0.393 e. The molecule has 1 aliphatic heterocycles. The van der Waals surface area contributed by atoms with E-state index < -0.39 is 0 Å². The molecular formula is C12H19N3O. The van der Waals surface area contributed by atoms with E-state index in [0.717, 1.165) is 30.9 Å². The van der Waals surface area contributed by atoms with Crippen molar-refractivity contribution in [2.24, 2.45) is 11.7 Å². The van der Waals surface area contributed by atoms with Crippen molar-refractivity contribution in [3.63, 3.8) is 0 Å². The molecule has 0 radical (unpaired) electrons. The average Bonchev–Trinajstić information content (AvgIpc) is 2.78. The van der Waals surface area contributed by atoms with Gasteiger partial charge < -0.3 is 15.7 Å². The smallest absolute Gasteiger partial charge is 0.0557 e. The van der Waals surface area contributed by atoms with Gasteiger partial charge in [0.2, 0.25) is 0 Å². The molecule has 3 N–H and O–H groups in total. The Morgan fingerprint density at radius 1 is 1.62 bits per heavy atom. The van der Waals surface area contributed by atoms with E-state index in [4.69, 9.17) is 5.73 Å². The first-order valence-electron chi connectivity index (χ1n) is 5.78. The number of aromatic nitrogens is 1. The molecule has 0 bridgehead atoms. The molecule has 1 fully saturated rings. The van der Waals surface area contributed by atoms with E-state index in [-0.39, 0.29) is 6.10 Å². The van der Waals surface area contributed by atoms with E-state index in [1.807, 2.05) is 19.2 Å². The van der Waals surface area contributed by atoms with Crippen molar-refractivity contribution in [3.05, 3.63) is 24.0 Å². The quantitative estimate of drug-likeness (QED) is 0.790. The normalized spacial score (nSPS) is 22.4. The zero-order valence-electron chi connectivity index (χ0n) is 9.63. The van der Waals surface area contributed by atoms with E-state index in [9.17, 15) is 5.11 Å². The Balaban J connectivity index is 2.03. The topological polar surface area (TPSA) is 62.4 Å². The van der Waals surface area contributed by atoms with E-state index in [1.54, 1.807) is 0 Å². The first-order chi connectivity index (χ1) is 7.70. The summed E-state index contributed by atoms with van der Waals surface area (Å²) in [5.41, 5.74) is 7.54.